The molecular formula is C22H27N3O5. The average molecular weight is 413 g/mol. The highest BCUT2D eigenvalue weighted by Crippen LogP contribution is 2.12. The second kappa shape index (κ2) is 11.6. The lowest BCUT2D eigenvalue weighted by Crippen LogP contribution is -2.41. The van der Waals surface area contributed by atoms with Crippen LogP contribution in [0.5, 0.6) is 5.75 Å². The second-order valence-electron chi connectivity index (χ2n) is 6.80. The van der Waals surface area contributed by atoms with E-state index in [9.17, 15) is 19.5 Å². The third kappa shape index (κ3) is 7.21. The Morgan fingerprint density at radius 2 is 1.83 bits per heavy atom. The fourth-order valence-corrected chi connectivity index (χ4v) is 2.84. The summed E-state index contributed by atoms with van der Waals surface area (Å²) < 4.78 is 5.09. The normalized spacial score (nSPS) is 11.4. The molecule has 2 rings (SSSR count). The van der Waals surface area contributed by atoms with Crippen LogP contribution >= 0.6 is 0 Å². The Morgan fingerprint density at radius 1 is 1.10 bits per heavy atom. The number of amides is 2. The van der Waals surface area contributed by atoms with Crippen LogP contribution in [0, 0.1) is 0 Å². The van der Waals surface area contributed by atoms with Crippen molar-refractivity contribution in [3.8, 4) is 5.75 Å². The van der Waals surface area contributed by atoms with E-state index in [0.29, 0.717) is 18.5 Å². The monoisotopic (exact) mass is 413 g/mol. The molecule has 0 fully saturated rings. The van der Waals surface area contributed by atoms with Crippen LogP contribution in [-0.4, -0.2) is 42.6 Å². The van der Waals surface area contributed by atoms with Crippen molar-refractivity contribution in [3.63, 3.8) is 0 Å². The quantitative estimate of drug-likeness (QED) is 0.441. The first kappa shape index (κ1) is 22.9. The third-order valence-electron chi connectivity index (χ3n) is 4.50. The minimum Gasteiger partial charge on any atom is -0.497 e. The van der Waals surface area contributed by atoms with Crippen molar-refractivity contribution < 1.29 is 24.2 Å². The summed E-state index contributed by atoms with van der Waals surface area (Å²) in [5.41, 5.74) is 7.34. The standard InChI is InChI=1S/C22H27N3O5/c1-30-18-9-7-15(8-10-18)13-20(26)24-14-16-4-2-5-17(12-16)21(27)25-19(22(28)29)6-3-11-23/h2,4-5,7-10,12,19H,3,6,11,13-14,23H2,1H3,(H,24,26)(H,25,27)(H,28,29)/t19-/m0/s1. The van der Waals surface area contributed by atoms with E-state index in [1.165, 1.54) is 0 Å². The molecule has 0 saturated heterocycles. The van der Waals surface area contributed by atoms with Gasteiger partial charge in [0.15, 0.2) is 0 Å². The van der Waals surface area contributed by atoms with E-state index in [4.69, 9.17) is 10.5 Å². The number of hydrogen-bond acceptors (Lipinski definition) is 5. The van der Waals surface area contributed by atoms with Gasteiger partial charge in [-0.3, -0.25) is 9.59 Å². The molecule has 30 heavy (non-hydrogen) atoms. The van der Waals surface area contributed by atoms with Crippen molar-refractivity contribution in [2.24, 2.45) is 5.73 Å². The molecule has 0 heterocycles. The number of carboxylic acid groups (broad SMARTS) is 1. The first-order valence-corrected chi connectivity index (χ1v) is 9.65. The van der Waals surface area contributed by atoms with Crippen LogP contribution in [0.25, 0.3) is 0 Å². The topological polar surface area (TPSA) is 131 Å². The van der Waals surface area contributed by atoms with Crippen molar-refractivity contribution in [3.05, 3.63) is 65.2 Å². The highest BCUT2D eigenvalue weighted by atomic mass is 16.5. The maximum atomic E-state index is 12.4. The van der Waals surface area contributed by atoms with Crippen molar-refractivity contribution in [2.75, 3.05) is 13.7 Å². The first-order chi connectivity index (χ1) is 14.4. The Labute approximate surface area is 175 Å². The van der Waals surface area contributed by atoms with Gasteiger partial charge in [-0.2, -0.15) is 0 Å². The predicted octanol–water partition coefficient (Wildman–Crippen LogP) is 1.48. The second-order valence-corrected chi connectivity index (χ2v) is 6.80. The van der Waals surface area contributed by atoms with Gasteiger partial charge >= 0.3 is 5.97 Å². The average Bonchev–Trinajstić information content (AvgIpc) is 2.75. The Balaban J connectivity index is 1.91. The van der Waals surface area contributed by atoms with Gasteiger partial charge in [-0.25, -0.2) is 4.79 Å². The number of aliphatic carboxylic acids is 1. The smallest absolute Gasteiger partial charge is 0.326 e. The van der Waals surface area contributed by atoms with Crippen molar-refractivity contribution >= 4 is 17.8 Å². The zero-order valence-electron chi connectivity index (χ0n) is 16.9. The zero-order valence-corrected chi connectivity index (χ0v) is 16.9. The molecule has 0 radical (unpaired) electrons. The molecular weight excluding hydrogens is 386 g/mol. The van der Waals surface area contributed by atoms with Crippen LogP contribution in [0.1, 0.15) is 34.3 Å². The molecule has 2 amide bonds. The van der Waals surface area contributed by atoms with Crippen LogP contribution < -0.4 is 21.1 Å². The molecule has 0 aliphatic heterocycles. The number of ether oxygens (including phenoxy) is 1. The third-order valence-corrected chi connectivity index (χ3v) is 4.50. The Hall–Kier alpha value is -3.39. The molecule has 0 aliphatic carbocycles. The van der Waals surface area contributed by atoms with Crippen LogP contribution in [0.4, 0.5) is 0 Å². The fraction of sp³-hybridized carbons (Fsp3) is 0.318. The molecule has 0 aliphatic rings. The molecule has 1 atom stereocenters. The number of carboxylic acids is 1. The van der Waals surface area contributed by atoms with Crippen LogP contribution in [0.2, 0.25) is 0 Å². The minimum absolute atomic E-state index is 0.150. The zero-order chi connectivity index (χ0) is 21.9. The molecule has 2 aromatic rings. The maximum Gasteiger partial charge on any atom is 0.326 e. The molecule has 2 aromatic carbocycles. The fourth-order valence-electron chi connectivity index (χ4n) is 2.84. The van der Waals surface area contributed by atoms with Gasteiger partial charge in [0, 0.05) is 12.1 Å². The summed E-state index contributed by atoms with van der Waals surface area (Å²) in [6.07, 6.45) is 0.988. The summed E-state index contributed by atoms with van der Waals surface area (Å²) in [6, 6.07) is 13.0. The summed E-state index contributed by atoms with van der Waals surface area (Å²) in [5, 5.41) is 14.6. The number of methoxy groups -OCH3 is 1. The number of carbonyl (C=O) groups is 3. The van der Waals surface area contributed by atoms with Crippen molar-refractivity contribution in [2.45, 2.75) is 31.8 Å². The van der Waals surface area contributed by atoms with Crippen LogP contribution in [0.15, 0.2) is 48.5 Å². The molecule has 0 spiro atoms. The lowest BCUT2D eigenvalue weighted by atomic mass is 10.1. The van der Waals surface area contributed by atoms with E-state index in [2.05, 4.69) is 10.6 Å². The van der Waals surface area contributed by atoms with E-state index in [1.807, 2.05) is 12.1 Å². The SMILES string of the molecule is COc1ccc(CC(=O)NCc2cccc(C(=O)N[C@@H](CCCN)C(=O)O)c2)cc1. The number of nitrogens with two attached hydrogens (primary N) is 1. The predicted molar refractivity (Wildman–Crippen MR) is 112 cm³/mol. The summed E-state index contributed by atoms with van der Waals surface area (Å²) >= 11 is 0. The molecule has 0 aromatic heterocycles. The van der Waals surface area contributed by atoms with E-state index in [0.717, 1.165) is 16.9 Å². The summed E-state index contributed by atoms with van der Waals surface area (Å²) in [6.45, 7) is 0.608. The summed E-state index contributed by atoms with van der Waals surface area (Å²) in [4.78, 5) is 35.9. The lowest BCUT2D eigenvalue weighted by molar-refractivity contribution is -0.139. The number of nitrogens with one attached hydrogen (secondary N) is 2. The lowest BCUT2D eigenvalue weighted by Gasteiger charge is -2.14. The maximum absolute atomic E-state index is 12.4. The van der Waals surface area contributed by atoms with Crippen LogP contribution in [-0.2, 0) is 22.6 Å². The molecule has 0 bridgehead atoms. The van der Waals surface area contributed by atoms with Crippen LogP contribution in [0.3, 0.4) is 0 Å². The Kier molecular flexibility index (Phi) is 8.83. The van der Waals surface area contributed by atoms with E-state index >= 15 is 0 Å². The van der Waals surface area contributed by atoms with Gasteiger partial charge in [-0.15, -0.1) is 0 Å². The van der Waals surface area contributed by atoms with E-state index in [-0.39, 0.29) is 25.3 Å². The van der Waals surface area contributed by atoms with Gasteiger partial charge in [0.2, 0.25) is 5.91 Å². The van der Waals surface area contributed by atoms with Gasteiger partial charge < -0.3 is 26.2 Å². The Morgan fingerprint density at radius 3 is 2.47 bits per heavy atom. The Bertz CT molecular complexity index is 867. The first-order valence-electron chi connectivity index (χ1n) is 9.65. The molecule has 160 valence electrons. The molecule has 0 unspecified atom stereocenters. The number of carbonyl (C=O) groups excluding carboxylic acids is 2. The highest BCUT2D eigenvalue weighted by molar-refractivity contribution is 5.96. The molecule has 5 N–H and O–H groups in total. The van der Waals surface area contributed by atoms with Gasteiger partial charge in [0.05, 0.1) is 13.5 Å². The largest absolute Gasteiger partial charge is 0.497 e. The molecule has 8 nitrogen and oxygen atoms in total. The van der Waals surface area contributed by atoms with Gasteiger partial charge in [-0.05, 0) is 54.8 Å². The molecule has 0 saturated carbocycles. The van der Waals surface area contributed by atoms with Crippen molar-refractivity contribution in [1.29, 1.82) is 0 Å². The van der Waals surface area contributed by atoms with E-state index in [1.54, 1.807) is 43.5 Å². The van der Waals surface area contributed by atoms with Gasteiger partial charge in [-0.1, -0.05) is 24.3 Å². The number of benzene rings is 2. The van der Waals surface area contributed by atoms with E-state index < -0.39 is 17.9 Å². The summed E-state index contributed by atoms with van der Waals surface area (Å²) in [7, 11) is 1.58. The number of rotatable bonds is 11. The van der Waals surface area contributed by atoms with Gasteiger partial charge in [0.25, 0.3) is 5.91 Å². The highest BCUT2D eigenvalue weighted by Gasteiger charge is 2.20. The minimum atomic E-state index is -1.10. The van der Waals surface area contributed by atoms with Crippen molar-refractivity contribution in [1.82, 2.24) is 10.6 Å². The van der Waals surface area contributed by atoms with Gasteiger partial charge in [0.1, 0.15) is 11.8 Å². The summed E-state index contributed by atoms with van der Waals surface area (Å²) in [5.74, 6) is -1.00. The number of hydrogen-bond donors (Lipinski definition) is 4. The molecule has 8 heteroatoms.